The fourth-order valence-corrected chi connectivity index (χ4v) is 7.22. The molecular weight excluding hydrogens is 610 g/mol. The van der Waals surface area contributed by atoms with Crippen molar-refractivity contribution in [1.82, 2.24) is 25.2 Å². The van der Waals surface area contributed by atoms with Crippen LogP contribution in [0.25, 0.3) is 32.9 Å². The Morgan fingerprint density at radius 1 is 1.09 bits per heavy atom. The molecule has 0 spiro atoms. The molecule has 4 aromatic rings. The number of phenolic OH excluding ortho intramolecular Hbond substituents is 1. The second-order valence-electron chi connectivity index (χ2n) is 12.6. The fourth-order valence-electron chi connectivity index (χ4n) is 7.22. The first kappa shape index (κ1) is 31.4. The maximum absolute atomic E-state index is 16.6. The molecule has 13 heteroatoms. The molecule has 0 aliphatic carbocycles. The van der Waals surface area contributed by atoms with E-state index >= 15 is 8.78 Å². The van der Waals surface area contributed by atoms with Crippen LogP contribution >= 0.6 is 0 Å². The molecule has 3 fully saturated rings. The summed E-state index contributed by atoms with van der Waals surface area (Å²) in [5, 5.41) is 23.9. The number of aliphatic carboxylic acids is 1. The average molecular weight is 649 g/mol. The zero-order valence-electron chi connectivity index (χ0n) is 26.0. The molecule has 2 aromatic heterocycles. The van der Waals surface area contributed by atoms with Crippen molar-refractivity contribution >= 4 is 33.5 Å². The molecule has 0 radical (unpaired) electrons. The lowest BCUT2D eigenvalue weighted by molar-refractivity contribution is -0.138. The smallest absolute Gasteiger partial charge is 0.319 e. The first-order valence-corrected chi connectivity index (χ1v) is 16.3. The summed E-state index contributed by atoms with van der Waals surface area (Å²) < 4.78 is 43.4. The van der Waals surface area contributed by atoms with Crippen molar-refractivity contribution in [2.75, 3.05) is 50.9 Å². The molecule has 3 N–H and O–H groups in total. The van der Waals surface area contributed by atoms with E-state index < -0.39 is 17.6 Å². The quantitative estimate of drug-likeness (QED) is 0.188. The minimum Gasteiger partial charge on any atom is -0.508 e. The number of anilines is 1. The van der Waals surface area contributed by atoms with Crippen LogP contribution in [0.15, 0.2) is 36.5 Å². The van der Waals surface area contributed by atoms with E-state index in [0.29, 0.717) is 55.0 Å². The summed E-state index contributed by atoms with van der Waals surface area (Å²) in [5.41, 5.74) is 0.0383. The molecule has 2 aromatic carbocycles. The Kier molecular flexibility index (Phi) is 9.02. The maximum Gasteiger partial charge on any atom is 0.319 e. The monoisotopic (exact) mass is 648 g/mol. The maximum atomic E-state index is 16.6. The van der Waals surface area contributed by atoms with Crippen LogP contribution < -0.4 is 15.0 Å². The van der Waals surface area contributed by atoms with Crippen LogP contribution in [0.5, 0.6) is 11.8 Å². The number of aromatic nitrogens is 3. The van der Waals surface area contributed by atoms with Crippen LogP contribution in [0.4, 0.5) is 14.6 Å². The van der Waals surface area contributed by atoms with E-state index in [4.69, 9.17) is 19.6 Å². The van der Waals surface area contributed by atoms with E-state index in [0.717, 1.165) is 45.2 Å². The fraction of sp³-hybridized carbons (Fsp3) is 0.471. The number of pyridine rings is 1. The SMILES string of the molecule is O=C(O)CCOCCCN1CCC[C@H]1COc1nc(N2CC3CCC(C2)N3)c2cnc(-c3cc(O)cc4cccc(F)c34)c(F)c2n1. The number of carboxylic acid groups (broad SMARTS) is 1. The first-order chi connectivity index (χ1) is 22.8. The van der Waals surface area contributed by atoms with Crippen molar-refractivity contribution in [2.45, 2.75) is 56.7 Å². The highest BCUT2D eigenvalue weighted by atomic mass is 19.1. The minimum atomic E-state index is -0.876. The third kappa shape index (κ3) is 6.65. The van der Waals surface area contributed by atoms with Crippen LogP contribution in [0, 0.1) is 11.6 Å². The van der Waals surface area contributed by atoms with E-state index in [-0.39, 0.29) is 53.0 Å². The van der Waals surface area contributed by atoms with Crippen molar-refractivity contribution in [3.63, 3.8) is 0 Å². The van der Waals surface area contributed by atoms with Gasteiger partial charge >= 0.3 is 12.0 Å². The number of phenols is 1. The van der Waals surface area contributed by atoms with Crippen LogP contribution in [-0.2, 0) is 9.53 Å². The number of fused-ring (bicyclic) bond motifs is 4. The van der Waals surface area contributed by atoms with E-state index in [2.05, 4.69) is 25.1 Å². The van der Waals surface area contributed by atoms with Gasteiger partial charge in [-0.25, -0.2) is 8.78 Å². The summed E-state index contributed by atoms with van der Waals surface area (Å²) in [7, 11) is 0. The van der Waals surface area contributed by atoms with Gasteiger partial charge in [-0.1, -0.05) is 12.1 Å². The number of rotatable bonds is 12. The molecule has 3 aliphatic rings. The third-order valence-corrected chi connectivity index (χ3v) is 9.42. The highest BCUT2D eigenvalue weighted by Gasteiger charge is 2.34. The van der Waals surface area contributed by atoms with Gasteiger partial charge in [-0.05, 0) is 62.2 Å². The van der Waals surface area contributed by atoms with Gasteiger partial charge < -0.3 is 29.9 Å². The molecule has 5 heterocycles. The molecule has 0 amide bonds. The molecule has 3 atom stereocenters. The molecule has 7 rings (SSSR count). The van der Waals surface area contributed by atoms with Crippen molar-refractivity contribution in [1.29, 1.82) is 0 Å². The van der Waals surface area contributed by atoms with Crippen molar-refractivity contribution < 1.29 is 33.3 Å². The number of carbonyl (C=O) groups is 1. The number of hydrogen-bond donors (Lipinski definition) is 3. The topological polar surface area (TPSA) is 133 Å². The molecule has 11 nitrogen and oxygen atoms in total. The number of halogens is 2. The molecular formula is C34H38F2N6O5. The Balaban J connectivity index is 1.18. The summed E-state index contributed by atoms with van der Waals surface area (Å²) in [5.74, 6) is -1.74. The van der Waals surface area contributed by atoms with Crippen LogP contribution in [0.1, 0.15) is 38.5 Å². The van der Waals surface area contributed by atoms with Gasteiger partial charge in [0.1, 0.15) is 35.2 Å². The second-order valence-corrected chi connectivity index (χ2v) is 12.6. The summed E-state index contributed by atoms with van der Waals surface area (Å²) in [4.78, 5) is 29.0. The zero-order valence-corrected chi connectivity index (χ0v) is 26.0. The summed E-state index contributed by atoms with van der Waals surface area (Å²) in [6, 6.07) is 8.04. The number of aromatic hydroxyl groups is 1. The molecule has 2 unspecified atom stereocenters. The van der Waals surface area contributed by atoms with Crippen LogP contribution in [0.3, 0.4) is 0 Å². The lowest BCUT2D eigenvalue weighted by Crippen LogP contribution is -2.51. The number of ether oxygens (including phenoxy) is 2. The molecule has 2 bridgehead atoms. The van der Waals surface area contributed by atoms with Crippen molar-refractivity contribution in [3.05, 3.63) is 48.2 Å². The van der Waals surface area contributed by atoms with Gasteiger partial charge in [0.15, 0.2) is 5.82 Å². The predicted molar refractivity (Wildman–Crippen MR) is 172 cm³/mol. The predicted octanol–water partition coefficient (Wildman–Crippen LogP) is 4.49. The molecule has 3 aliphatic heterocycles. The first-order valence-electron chi connectivity index (χ1n) is 16.3. The average Bonchev–Trinajstić information content (AvgIpc) is 3.65. The summed E-state index contributed by atoms with van der Waals surface area (Å²) >= 11 is 0. The van der Waals surface area contributed by atoms with Gasteiger partial charge in [0.2, 0.25) is 0 Å². The standard InChI is InChI=1S/C34H38F2N6O5/c35-27-6-1-4-20-14-24(43)15-25(29(20)27)31-30(36)32-26(16-37-31)33(42-17-21-7-8-22(18-42)38-21)40-34(39-32)47-19-23-5-2-10-41(23)11-3-12-46-13-9-28(44)45/h1,4,6,14-16,21-23,38,43H,2-3,5,7-13,17-19H2,(H,44,45)/t21?,22?,23-/m0/s1. The Bertz CT molecular complexity index is 1780. The number of hydrogen-bond acceptors (Lipinski definition) is 10. The largest absolute Gasteiger partial charge is 0.508 e. The zero-order chi connectivity index (χ0) is 32.5. The number of likely N-dealkylation sites (tertiary alicyclic amines) is 1. The summed E-state index contributed by atoms with van der Waals surface area (Å²) in [6.07, 6.45) is 6.35. The van der Waals surface area contributed by atoms with Crippen LogP contribution in [0.2, 0.25) is 0 Å². The van der Waals surface area contributed by atoms with Gasteiger partial charge in [0, 0.05) is 61.5 Å². The second kappa shape index (κ2) is 13.5. The van der Waals surface area contributed by atoms with E-state index in [1.807, 2.05) is 0 Å². The normalized spacial score (nSPS) is 21.2. The van der Waals surface area contributed by atoms with Crippen molar-refractivity contribution in [3.8, 4) is 23.0 Å². The molecule has 248 valence electrons. The molecule has 3 saturated heterocycles. The van der Waals surface area contributed by atoms with Gasteiger partial charge in [-0.2, -0.15) is 9.97 Å². The Morgan fingerprint density at radius 3 is 2.72 bits per heavy atom. The lowest BCUT2D eigenvalue weighted by Gasteiger charge is -2.34. The Labute approximate surface area is 270 Å². The van der Waals surface area contributed by atoms with Crippen LogP contribution in [-0.4, -0.2) is 100 Å². The number of benzene rings is 2. The molecule has 47 heavy (non-hydrogen) atoms. The highest BCUT2D eigenvalue weighted by molar-refractivity contribution is 6.00. The number of carboxylic acids is 1. The number of nitrogens with zero attached hydrogens (tertiary/aromatic N) is 5. The summed E-state index contributed by atoms with van der Waals surface area (Å²) in [6.45, 7) is 4.11. The van der Waals surface area contributed by atoms with Gasteiger partial charge in [0.25, 0.3) is 0 Å². The van der Waals surface area contributed by atoms with Crippen molar-refractivity contribution in [2.24, 2.45) is 0 Å². The third-order valence-electron chi connectivity index (χ3n) is 9.42. The lowest BCUT2D eigenvalue weighted by atomic mass is 9.99. The number of piperazine rings is 1. The highest BCUT2D eigenvalue weighted by Crippen LogP contribution is 2.38. The Morgan fingerprint density at radius 2 is 1.91 bits per heavy atom. The van der Waals surface area contributed by atoms with Gasteiger partial charge in [-0.15, -0.1) is 0 Å². The Hall–Kier alpha value is -4.20. The van der Waals surface area contributed by atoms with Gasteiger partial charge in [0.05, 0.1) is 18.4 Å². The number of nitrogens with one attached hydrogen (secondary N) is 1. The minimum absolute atomic E-state index is 0.0113. The van der Waals surface area contributed by atoms with E-state index in [9.17, 15) is 9.90 Å². The van der Waals surface area contributed by atoms with E-state index in [1.165, 1.54) is 30.5 Å². The van der Waals surface area contributed by atoms with Gasteiger partial charge in [-0.3, -0.25) is 14.7 Å². The van der Waals surface area contributed by atoms with E-state index in [1.54, 1.807) is 6.07 Å². The molecule has 0 saturated carbocycles.